The lowest BCUT2D eigenvalue weighted by Crippen LogP contribution is -2.17. The van der Waals surface area contributed by atoms with Crippen LogP contribution in [0.1, 0.15) is 38.8 Å². The second kappa shape index (κ2) is 9.57. The fourth-order valence-electron chi connectivity index (χ4n) is 4.06. The molecule has 4 rings (SSSR count). The number of Topliss-reactive ketones (excluding diaryl/α,β-unsaturated/α-hetero) is 1. The van der Waals surface area contributed by atoms with Gasteiger partial charge in [-0.2, -0.15) is 0 Å². The maximum atomic E-state index is 13.0. The quantitative estimate of drug-likeness (QED) is 0.273. The molecule has 0 aliphatic rings. The molecular weight excluding hydrogens is 502 g/mol. The van der Waals surface area contributed by atoms with Crippen LogP contribution in [0.15, 0.2) is 60.7 Å². The van der Waals surface area contributed by atoms with Crippen LogP contribution in [0.3, 0.4) is 0 Å². The number of aliphatic hydroxyl groups is 1. The molecule has 9 heteroatoms. The number of aliphatic hydroxyl groups excluding tert-OH is 1. The van der Waals surface area contributed by atoms with Crippen LogP contribution in [-0.4, -0.2) is 21.8 Å². The summed E-state index contributed by atoms with van der Waals surface area (Å²) in [4.78, 5) is 13.0. The van der Waals surface area contributed by atoms with Crippen molar-refractivity contribution in [2.75, 3.05) is 0 Å². The Morgan fingerprint density at radius 2 is 1.77 bits per heavy atom. The first-order valence-corrected chi connectivity index (χ1v) is 11.3. The van der Waals surface area contributed by atoms with Crippen LogP contribution in [0, 0.1) is 6.92 Å². The highest BCUT2D eigenvalue weighted by atomic mass is 35.5. The number of ether oxygens (including phenoxy) is 1. The van der Waals surface area contributed by atoms with E-state index in [-0.39, 0.29) is 22.8 Å². The number of hydrogen-bond acceptors (Lipinski definition) is 3. The van der Waals surface area contributed by atoms with Crippen LogP contribution in [0.4, 0.5) is 13.2 Å². The van der Waals surface area contributed by atoms with Crippen LogP contribution >= 0.6 is 23.2 Å². The largest absolute Gasteiger partial charge is 0.573 e. The smallest absolute Gasteiger partial charge is 0.406 e. The summed E-state index contributed by atoms with van der Waals surface area (Å²) < 4.78 is 44.0. The van der Waals surface area contributed by atoms with Crippen molar-refractivity contribution in [3.8, 4) is 5.75 Å². The van der Waals surface area contributed by atoms with E-state index < -0.39 is 18.2 Å². The molecule has 0 aliphatic carbocycles. The molecule has 0 fully saturated rings. The summed E-state index contributed by atoms with van der Waals surface area (Å²) >= 11 is 13.0. The van der Waals surface area contributed by atoms with Gasteiger partial charge in [0, 0.05) is 41.2 Å². The standard InChI is InChI=1S/C26H20Cl2F3NO3/c1-14-10-17(35-26(29,30)31)13-22-19(14)11-16(32(22)2)12-20-21(27)9-8-18(23(20)28)25(34)24(33)15-6-4-3-5-7-15/h3-11,13,24,33H,12H2,1-2H3. The number of carbonyl (C=O) groups is 1. The Morgan fingerprint density at radius 3 is 2.43 bits per heavy atom. The average Bonchev–Trinajstić information content (AvgIpc) is 3.11. The molecule has 0 saturated heterocycles. The van der Waals surface area contributed by atoms with E-state index in [1.165, 1.54) is 24.3 Å². The van der Waals surface area contributed by atoms with E-state index in [2.05, 4.69) is 4.74 Å². The molecule has 0 bridgehead atoms. The normalized spacial score (nSPS) is 12.7. The van der Waals surface area contributed by atoms with Crippen molar-refractivity contribution >= 4 is 39.9 Å². The monoisotopic (exact) mass is 521 g/mol. The first kappa shape index (κ1) is 25.1. The SMILES string of the molecule is Cc1cc(OC(F)(F)F)cc2c1cc(Cc1c(Cl)ccc(C(=O)C(O)c3ccccc3)c1Cl)n2C. The Morgan fingerprint density at radius 1 is 1.09 bits per heavy atom. The van der Waals surface area contributed by atoms with Gasteiger partial charge in [-0.25, -0.2) is 0 Å². The minimum absolute atomic E-state index is 0.112. The Kier molecular flexibility index (Phi) is 6.86. The third-order valence-electron chi connectivity index (χ3n) is 5.85. The van der Waals surface area contributed by atoms with E-state index in [0.717, 1.165) is 5.39 Å². The molecule has 1 atom stereocenters. The van der Waals surface area contributed by atoms with Crippen LogP contribution < -0.4 is 4.74 Å². The molecule has 3 aromatic carbocycles. The predicted octanol–water partition coefficient (Wildman–Crippen LogP) is 7.20. The Hall–Kier alpha value is -3.00. The molecule has 1 aromatic heterocycles. The van der Waals surface area contributed by atoms with Gasteiger partial charge in [-0.1, -0.05) is 53.5 Å². The number of aromatic nitrogens is 1. The summed E-state index contributed by atoms with van der Waals surface area (Å²) in [6.45, 7) is 1.69. The number of hydrogen-bond donors (Lipinski definition) is 1. The number of carbonyl (C=O) groups excluding carboxylic acids is 1. The van der Waals surface area contributed by atoms with Crippen molar-refractivity contribution < 1.29 is 27.8 Å². The van der Waals surface area contributed by atoms with Gasteiger partial charge < -0.3 is 14.4 Å². The summed E-state index contributed by atoms with van der Waals surface area (Å²) in [7, 11) is 1.71. The van der Waals surface area contributed by atoms with E-state index in [4.69, 9.17) is 23.2 Å². The van der Waals surface area contributed by atoms with Gasteiger partial charge in [0.05, 0.1) is 10.5 Å². The second-order valence-electron chi connectivity index (χ2n) is 8.16. The highest BCUT2D eigenvalue weighted by molar-refractivity contribution is 6.38. The first-order chi connectivity index (χ1) is 16.5. The summed E-state index contributed by atoms with van der Waals surface area (Å²) in [5, 5.41) is 11.7. The minimum atomic E-state index is -4.80. The highest BCUT2D eigenvalue weighted by Gasteiger charge is 2.31. The van der Waals surface area contributed by atoms with Gasteiger partial charge in [-0.3, -0.25) is 4.79 Å². The molecular formula is C26H20Cl2F3NO3. The number of rotatable bonds is 6. The topological polar surface area (TPSA) is 51.5 Å². The van der Waals surface area contributed by atoms with Gasteiger partial charge >= 0.3 is 6.36 Å². The van der Waals surface area contributed by atoms with Crippen LogP contribution in [0.25, 0.3) is 10.9 Å². The molecule has 0 aliphatic heterocycles. The highest BCUT2D eigenvalue weighted by Crippen LogP contribution is 2.35. The first-order valence-electron chi connectivity index (χ1n) is 10.5. The summed E-state index contributed by atoms with van der Waals surface area (Å²) in [6.07, 6.45) is -5.98. The minimum Gasteiger partial charge on any atom is -0.406 e. The van der Waals surface area contributed by atoms with E-state index in [0.29, 0.717) is 32.9 Å². The van der Waals surface area contributed by atoms with E-state index >= 15 is 0 Å². The maximum Gasteiger partial charge on any atom is 0.573 e. The third kappa shape index (κ3) is 5.17. The Labute approximate surface area is 209 Å². The number of aryl methyl sites for hydroxylation is 2. The van der Waals surface area contributed by atoms with Gasteiger partial charge in [0.15, 0.2) is 5.78 Å². The number of benzene rings is 3. The zero-order chi connectivity index (χ0) is 25.5. The van der Waals surface area contributed by atoms with Gasteiger partial charge in [0.2, 0.25) is 0 Å². The molecule has 35 heavy (non-hydrogen) atoms. The Bertz CT molecular complexity index is 1420. The molecule has 0 saturated carbocycles. The van der Waals surface area contributed by atoms with E-state index in [9.17, 15) is 23.1 Å². The molecule has 1 heterocycles. The molecule has 4 aromatic rings. The van der Waals surface area contributed by atoms with Gasteiger partial charge in [0.25, 0.3) is 0 Å². The van der Waals surface area contributed by atoms with E-state index in [1.54, 1.807) is 48.9 Å². The zero-order valence-corrected chi connectivity index (χ0v) is 20.2. The molecule has 0 amide bonds. The lowest BCUT2D eigenvalue weighted by Gasteiger charge is -2.15. The van der Waals surface area contributed by atoms with Gasteiger partial charge in [0.1, 0.15) is 11.9 Å². The van der Waals surface area contributed by atoms with Crippen molar-refractivity contribution in [3.05, 3.63) is 98.7 Å². The number of halogens is 5. The Balaban J connectivity index is 1.71. The van der Waals surface area contributed by atoms with Crippen molar-refractivity contribution in [2.24, 2.45) is 7.05 Å². The summed E-state index contributed by atoms with van der Waals surface area (Å²) in [5.74, 6) is -0.880. The average molecular weight is 522 g/mol. The van der Waals surface area contributed by atoms with Crippen LogP contribution in [0.2, 0.25) is 10.0 Å². The number of fused-ring (bicyclic) bond motifs is 1. The maximum absolute atomic E-state index is 13.0. The van der Waals surface area contributed by atoms with E-state index in [1.807, 2.05) is 6.07 Å². The second-order valence-corrected chi connectivity index (χ2v) is 8.94. The van der Waals surface area contributed by atoms with Crippen LogP contribution in [-0.2, 0) is 13.5 Å². The van der Waals surface area contributed by atoms with Crippen LogP contribution in [0.5, 0.6) is 5.75 Å². The summed E-state index contributed by atoms with van der Waals surface area (Å²) in [5.41, 5.74) is 2.89. The third-order valence-corrected chi connectivity index (χ3v) is 6.63. The molecule has 182 valence electrons. The van der Waals surface area contributed by atoms with Gasteiger partial charge in [-0.15, -0.1) is 13.2 Å². The van der Waals surface area contributed by atoms with Crippen molar-refractivity contribution in [2.45, 2.75) is 25.8 Å². The predicted molar refractivity (Wildman–Crippen MR) is 129 cm³/mol. The van der Waals surface area contributed by atoms with Crippen molar-refractivity contribution in [3.63, 3.8) is 0 Å². The number of alkyl halides is 3. The summed E-state index contributed by atoms with van der Waals surface area (Å²) in [6, 6.07) is 16.0. The number of nitrogens with zero attached hydrogens (tertiary/aromatic N) is 1. The molecule has 4 nitrogen and oxygen atoms in total. The lowest BCUT2D eigenvalue weighted by molar-refractivity contribution is -0.274. The fourth-order valence-corrected chi connectivity index (χ4v) is 4.66. The van der Waals surface area contributed by atoms with Gasteiger partial charge in [-0.05, 0) is 47.9 Å². The fraction of sp³-hybridized carbons (Fsp3) is 0.192. The van der Waals surface area contributed by atoms with Crippen molar-refractivity contribution in [1.29, 1.82) is 0 Å². The lowest BCUT2D eigenvalue weighted by atomic mass is 9.97. The molecule has 1 unspecified atom stereocenters. The molecule has 0 spiro atoms. The molecule has 1 N–H and O–H groups in total. The number of ketones is 1. The molecule has 0 radical (unpaired) electrons. The van der Waals surface area contributed by atoms with Crippen molar-refractivity contribution in [1.82, 2.24) is 4.57 Å². The zero-order valence-electron chi connectivity index (χ0n) is 18.7.